The smallest absolute Gasteiger partial charge is 0.188 e. The van der Waals surface area contributed by atoms with Crippen molar-refractivity contribution in [3.8, 4) is 0 Å². The highest BCUT2D eigenvalue weighted by atomic mass is 16.1. The van der Waals surface area contributed by atoms with Gasteiger partial charge in [0.2, 0.25) is 0 Å². The third-order valence-corrected chi connectivity index (χ3v) is 2.13. The maximum Gasteiger partial charge on any atom is 0.188 e. The lowest BCUT2D eigenvalue weighted by Crippen LogP contribution is -2.19. The van der Waals surface area contributed by atoms with Gasteiger partial charge in [-0.2, -0.15) is 0 Å². The van der Waals surface area contributed by atoms with E-state index in [0.29, 0.717) is 0 Å². The molecule has 0 fully saturated rings. The van der Waals surface area contributed by atoms with Crippen molar-refractivity contribution in [1.82, 2.24) is 9.55 Å². The third-order valence-electron chi connectivity index (χ3n) is 2.13. The van der Waals surface area contributed by atoms with Crippen LogP contribution < -0.4 is 0 Å². The molecular formula is C8H10N2O. The molecule has 0 amide bonds. The molecule has 0 aromatic carbocycles. The van der Waals surface area contributed by atoms with Gasteiger partial charge in [0.05, 0.1) is 12.5 Å². The molecule has 2 rings (SSSR count). The highest BCUT2D eigenvalue weighted by Crippen LogP contribution is 2.30. The van der Waals surface area contributed by atoms with Gasteiger partial charge < -0.3 is 4.57 Å². The summed E-state index contributed by atoms with van der Waals surface area (Å²) in [4.78, 5) is 15.4. The molecule has 1 aliphatic rings. The summed E-state index contributed by atoms with van der Waals surface area (Å²) >= 11 is 0. The molecule has 0 spiro atoms. The summed E-state index contributed by atoms with van der Waals surface area (Å²) in [5.74, 6) is 0.204. The lowest BCUT2D eigenvalue weighted by Gasteiger charge is -2.12. The summed E-state index contributed by atoms with van der Waals surface area (Å²) in [6.45, 7) is 4.69. The third kappa shape index (κ3) is 0.737. The van der Waals surface area contributed by atoms with Gasteiger partial charge in [-0.05, 0) is 0 Å². The summed E-state index contributed by atoms with van der Waals surface area (Å²) in [5.41, 5.74) is 0.521. The summed E-state index contributed by atoms with van der Waals surface area (Å²) < 4.78 is 1.91. The van der Waals surface area contributed by atoms with E-state index in [9.17, 15) is 4.79 Å². The number of imidazole rings is 1. The predicted molar refractivity (Wildman–Crippen MR) is 40.3 cm³/mol. The summed E-state index contributed by atoms with van der Waals surface area (Å²) in [5, 5.41) is 0. The number of rotatable bonds is 0. The van der Waals surface area contributed by atoms with E-state index in [2.05, 4.69) is 4.98 Å². The van der Waals surface area contributed by atoms with Crippen molar-refractivity contribution in [3.05, 3.63) is 18.2 Å². The Morgan fingerprint density at radius 1 is 1.64 bits per heavy atom. The summed E-state index contributed by atoms with van der Waals surface area (Å²) in [6.07, 6.45) is 3.35. The molecule has 0 N–H and O–H groups in total. The van der Waals surface area contributed by atoms with E-state index in [1.807, 2.05) is 18.4 Å². The van der Waals surface area contributed by atoms with Crippen molar-refractivity contribution in [2.24, 2.45) is 5.41 Å². The van der Waals surface area contributed by atoms with E-state index >= 15 is 0 Å². The molecule has 58 valence electrons. The normalized spacial score (nSPS) is 20.4. The van der Waals surface area contributed by atoms with Crippen molar-refractivity contribution in [2.45, 2.75) is 20.4 Å². The SMILES string of the molecule is CC1(C)Cn2cncc2C1=O. The molecule has 3 heteroatoms. The first kappa shape index (κ1) is 6.58. The van der Waals surface area contributed by atoms with Crippen molar-refractivity contribution < 1.29 is 4.79 Å². The second kappa shape index (κ2) is 1.72. The average Bonchev–Trinajstić information content (AvgIpc) is 2.39. The summed E-state index contributed by atoms with van der Waals surface area (Å²) in [6, 6.07) is 0. The van der Waals surface area contributed by atoms with Gasteiger partial charge in [-0.25, -0.2) is 4.98 Å². The quantitative estimate of drug-likeness (QED) is 0.555. The lowest BCUT2D eigenvalue weighted by molar-refractivity contribution is 0.0860. The number of hydrogen-bond donors (Lipinski definition) is 0. The van der Waals surface area contributed by atoms with Gasteiger partial charge >= 0.3 is 0 Å². The van der Waals surface area contributed by atoms with Crippen LogP contribution in [0.1, 0.15) is 24.3 Å². The monoisotopic (exact) mass is 150 g/mol. The fourth-order valence-corrected chi connectivity index (χ4v) is 1.48. The van der Waals surface area contributed by atoms with Gasteiger partial charge in [0, 0.05) is 12.0 Å². The lowest BCUT2D eigenvalue weighted by atomic mass is 9.90. The van der Waals surface area contributed by atoms with E-state index in [1.165, 1.54) is 0 Å². The fourth-order valence-electron chi connectivity index (χ4n) is 1.48. The van der Waals surface area contributed by atoms with Gasteiger partial charge in [0.1, 0.15) is 5.69 Å². The van der Waals surface area contributed by atoms with E-state index < -0.39 is 0 Å². The van der Waals surface area contributed by atoms with Gasteiger partial charge in [-0.15, -0.1) is 0 Å². The van der Waals surface area contributed by atoms with Gasteiger partial charge in [-0.1, -0.05) is 13.8 Å². The Balaban J connectivity index is 2.54. The first-order valence-electron chi connectivity index (χ1n) is 3.66. The first-order valence-corrected chi connectivity index (χ1v) is 3.66. The number of aromatic nitrogens is 2. The number of ketones is 1. The van der Waals surface area contributed by atoms with Crippen molar-refractivity contribution in [3.63, 3.8) is 0 Å². The Bertz CT molecular complexity index is 312. The zero-order chi connectivity index (χ0) is 8.06. The van der Waals surface area contributed by atoms with E-state index in [1.54, 1.807) is 12.5 Å². The minimum Gasteiger partial charge on any atom is -0.327 e. The highest BCUT2D eigenvalue weighted by Gasteiger charge is 2.37. The molecular weight excluding hydrogens is 140 g/mol. The molecule has 0 aliphatic carbocycles. The topological polar surface area (TPSA) is 34.9 Å². The number of nitrogens with zero attached hydrogens (tertiary/aromatic N) is 2. The second-order valence-corrected chi connectivity index (χ2v) is 3.62. The van der Waals surface area contributed by atoms with Crippen LogP contribution in [-0.2, 0) is 6.54 Å². The largest absolute Gasteiger partial charge is 0.327 e. The Labute approximate surface area is 65.1 Å². The minimum absolute atomic E-state index is 0.204. The standard InChI is InChI=1S/C8H10N2O/c1-8(2)4-10-5-9-3-6(10)7(8)11/h3,5H,4H2,1-2H3. The van der Waals surface area contributed by atoms with Crippen LogP contribution >= 0.6 is 0 Å². The Hall–Kier alpha value is -1.12. The number of hydrogen-bond acceptors (Lipinski definition) is 2. The molecule has 1 aromatic rings. The van der Waals surface area contributed by atoms with Gasteiger partial charge in [-0.3, -0.25) is 4.79 Å². The van der Waals surface area contributed by atoms with E-state index in [0.717, 1.165) is 12.2 Å². The van der Waals surface area contributed by atoms with Gasteiger partial charge in [0.25, 0.3) is 0 Å². The molecule has 11 heavy (non-hydrogen) atoms. The van der Waals surface area contributed by atoms with Gasteiger partial charge in [0.15, 0.2) is 5.78 Å². The highest BCUT2D eigenvalue weighted by molar-refractivity contribution is 6.00. The van der Waals surface area contributed by atoms with E-state index in [4.69, 9.17) is 0 Å². The molecule has 3 nitrogen and oxygen atoms in total. The predicted octanol–water partition coefficient (Wildman–Crippen LogP) is 1.11. The zero-order valence-corrected chi connectivity index (χ0v) is 6.66. The average molecular weight is 150 g/mol. The van der Waals surface area contributed by atoms with Crippen LogP contribution in [0.4, 0.5) is 0 Å². The number of carbonyl (C=O) groups is 1. The molecule has 1 aromatic heterocycles. The Morgan fingerprint density at radius 2 is 2.36 bits per heavy atom. The van der Waals surface area contributed by atoms with Crippen molar-refractivity contribution >= 4 is 5.78 Å². The van der Waals surface area contributed by atoms with Crippen LogP contribution in [0, 0.1) is 5.41 Å². The maximum absolute atomic E-state index is 11.5. The fraction of sp³-hybridized carbons (Fsp3) is 0.500. The Kier molecular flexibility index (Phi) is 1.03. The van der Waals surface area contributed by atoms with Crippen LogP contribution in [0.3, 0.4) is 0 Å². The van der Waals surface area contributed by atoms with E-state index in [-0.39, 0.29) is 11.2 Å². The van der Waals surface area contributed by atoms with Crippen LogP contribution in [0.25, 0.3) is 0 Å². The maximum atomic E-state index is 11.5. The first-order chi connectivity index (χ1) is 5.11. The number of Topliss-reactive ketones (excluding diaryl/α,β-unsaturated/α-hetero) is 1. The number of fused-ring (bicyclic) bond motifs is 1. The van der Waals surface area contributed by atoms with Crippen LogP contribution in [0.2, 0.25) is 0 Å². The Morgan fingerprint density at radius 3 is 3.00 bits per heavy atom. The van der Waals surface area contributed by atoms with Crippen LogP contribution in [0.15, 0.2) is 12.5 Å². The van der Waals surface area contributed by atoms with Crippen LogP contribution in [-0.4, -0.2) is 15.3 Å². The summed E-state index contributed by atoms with van der Waals surface area (Å²) in [7, 11) is 0. The molecule has 0 saturated carbocycles. The van der Waals surface area contributed by atoms with Crippen molar-refractivity contribution in [2.75, 3.05) is 0 Å². The molecule has 0 bridgehead atoms. The molecule has 0 saturated heterocycles. The molecule has 2 heterocycles. The molecule has 1 aliphatic heterocycles. The zero-order valence-electron chi connectivity index (χ0n) is 6.66. The number of carbonyl (C=O) groups excluding carboxylic acids is 1. The molecule has 0 radical (unpaired) electrons. The second-order valence-electron chi connectivity index (χ2n) is 3.62. The molecule has 0 atom stereocenters. The molecule has 0 unspecified atom stereocenters. The van der Waals surface area contributed by atoms with Crippen molar-refractivity contribution in [1.29, 1.82) is 0 Å². The van der Waals surface area contributed by atoms with Crippen LogP contribution in [0.5, 0.6) is 0 Å². The minimum atomic E-state index is -0.224.